The van der Waals surface area contributed by atoms with E-state index in [1.54, 1.807) is 61.7 Å². The number of ether oxygens (including phenoxy) is 1. The van der Waals surface area contributed by atoms with Crippen molar-refractivity contribution in [3.63, 3.8) is 0 Å². The lowest BCUT2D eigenvalue weighted by molar-refractivity contribution is -0.137. The van der Waals surface area contributed by atoms with E-state index in [0.717, 1.165) is 16.5 Å². The lowest BCUT2D eigenvalue weighted by Gasteiger charge is -2.08. The van der Waals surface area contributed by atoms with Gasteiger partial charge in [-0.3, -0.25) is 0 Å². The summed E-state index contributed by atoms with van der Waals surface area (Å²) < 4.78 is 31.9. The highest BCUT2D eigenvalue weighted by molar-refractivity contribution is 7.90. The van der Waals surface area contributed by atoms with Crippen LogP contribution in [-0.2, 0) is 19.6 Å². The summed E-state index contributed by atoms with van der Waals surface area (Å²) in [7, 11) is -3.66. The third-order valence-electron chi connectivity index (χ3n) is 3.95. The second kappa shape index (κ2) is 7.17. The highest BCUT2D eigenvalue weighted by Crippen LogP contribution is 2.24. The van der Waals surface area contributed by atoms with Crippen LogP contribution in [0.2, 0.25) is 0 Å². The molecule has 0 bridgehead atoms. The molecule has 2 aromatic carbocycles. The Hall–Kier alpha value is -2.86. The first kappa shape index (κ1) is 17.9. The van der Waals surface area contributed by atoms with Gasteiger partial charge in [0, 0.05) is 17.7 Å². The molecule has 0 saturated carbocycles. The van der Waals surface area contributed by atoms with Gasteiger partial charge < -0.3 is 4.74 Å². The van der Waals surface area contributed by atoms with Crippen LogP contribution in [0.3, 0.4) is 0 Å². The van der Waals surface area contributed by atoms with Crippen LogP contribution in [0.5, 0.6) is 0 Å². The van der Waals surface area contributed by atoms with Gasteiger partial charge >= 0.3 is 5.97 Å². The molecule has 0 unspecified atom stereocenters. The first-order chi connectivity index (χ1) is 12.4. The molecule has 0 aliphatic carbocycles. The summed E-state index contributed by atoms with van der Waals surface area (Å²) in [5, 5.41) is 0.770. The number of aromatic nitrogens is 1. The number of benzene rings is 2. The van der Waals surface area contributed by atoms with Crippen LogP contribution in [0.1, 0.15) is 18.1 Å². The maximum Gasteiger partial charge on any atom is 0.330 e. The van der Waals surface area contributed by atoms with Crippen molar-refractivity contribution in [2.75, 3.05) is 6.61 Å². The van der Waals surface area contributed by atoms with Gasteiger partial charge in [0.1, 0.15) is 0 Å². The van der Waals surface area contributed by atoms with E-state index < -0.39 is 16.0 Å². The molecule has 0 spiro atoms. The van der Waals surface area contributed by atoms with E-state index in [9.17, 15) is 13.2 Å². The molecule has 0 radical (unpaired) electrons. The number of rotatable bonds is 5. The predicted molar refractivity (Wildman–Crippen MR) is 101 cm³/mol. The molecular weight excluding hydrogens is 350 g/mol. The quantitative estimate of drug-likeness (QED) is 0.507. The van der Waals surface area contributed by atoms with Crippen LogP contribution < -0.4 is 0 Å². The van der Waals surface area contributed by atoms with E-state index in [0.29, 0.717) is 12.1 Å². The van der Waals surface area contributed by atoms with E-state index in [2.05, 4.69) is 0 Å². The van der Waals surface area contributed by atoms with Crippen molar-refractivity contribution in [3.05, 3.63) is 71.9 Å². The Kier molecular flexibility index (Phi) is 4.95. The smallest absolute Gasteiger partial charge is 0.330 e. The number of fused-ring (bicyclic) bond motifs is 1. The lowest BCUT2D eigenvalue weighted by Crippen LogP contribution is -2.11. The fourth-order valence-electron chi connectivity index (χ4n) is 2.63. The second-order valence-corrected chi connectivity index (χ2v) is 7.65. The van der Waals surface area contributed by atoms with Gasteiger partial charge in [-0.25, -0.2) is 17.2 Å². The molecule has 5 nitrogen and oxygen atoms in total. The monoisotopic (exact) mass is 369 g/mol. The largest absolute Gasteiger partial charge is 0.463 e. The molecule has 3 rings (SSSR count). The number of nitrogens with zero attached hydrogens (tertiary/aromatic N) is 1. The van der Waals surface area contributed by atoms with Crippen LogP contribution in [0.25, 0.3) is 17.0 Å². The Labute approximate surface area is 152 Å². The maximum atomic E-state index is 12.9. The highest BCUT2D eigenvalue weighted by Gasteiger charge is 2.18. The predicted octanol–water partition coefficient (Wildman–Crippen LogP) is 3.76. The van der Waals surface area contributed by atoms with Gasteiger partial charge in [-0.2, -0.15) is 0 Å². The number of esters is 1. The normalized spacial score (nSPS) is 11.9. The van der Waals surface area contributed by atoms with Crippen molar-refractivity contribution < 1.29 is 17.9 Å². The van der Waals surface area contributed by atoms with Gasteiger partial charge in [-0.1, -0.05) is 23.8 Å². The van der Waals surface area contributed by atoms with Crippen molar-refractivity contribution in [2.45, 2.75) is 18.7 Å². The minimum Gasteiger partial charge on any atom is -0.463 e. The average molecular weight is 369 g/mol. The average Bonchev–Trinajstić information content (AvgIpc) is 3.04. The van der Waals surface area contributed by atoms with Crippen molar-refractivity contribution in [1.29, 1.82) is 0 Å². The van der Waals surface area contributed by atoms with Crippen molar-refractivity contribution in [2.24, 2.45) is 0 Å². The van der Waals surface area contributed by atoms with Crippen LogP contribution >= 0.6 is 0 Å². The van der Waals surface area contributed by atoms with E-state index >= 15 is 0 Å². The van der Waals surface area contributed by atoms with E-state index in [1.165, 1.54) is 10.0 Å². The van der Waals surface area contributed by atoms with Crippen molar-refractivity contribution in [3.8, 4) is 0 Å². The minimum absolute atomic E-state index is 0.242. The molecular formula is C20H19NO4S. The molecule has 0 fully saturated rings. The topological polar surface area (TPSA) is 65.4 Å². The van der Waals surface area contributed by atoms with Crippen LogP contribution in [0, 0.1) is 6.92 Å². The SMILES string of the molecule is CCOC(=O)/C=C/c1ccc2c(ccn2S(=O)(=O)c2ccc(C)cc2)c1. The Morgan fingerprint density at radius 1 is 1.12 bits per heavy atom. The molecule has 0 aliphatic rings. The van der Waals surface area contributed by atoms with Gasteiger partial charge in [-0.05, 0) is 55.8 Å². The Morgan fingerprint density at radius 2 is 1.85 bits per heavy atom. The summed E-state index contributed by atoms with van der Waals surface area (Å²) in [6, 6.07) is 13.8. The number of hydrogen-bond donors (Lipinski definition) is 0. The number of carbonyl (C=O) groups is 1. The van der Waals surface area contributed by atoms with Crippen molar-refractivity contribution >= 4 is 33.0 Å². The van der Waals surface area contributed by atoms with Crippen LogP contribution in [0.4, 0.5) is 0 Å². The van der Waals surface area contributed by atoms with Gasteiger partial charge in [-0.15, -0.1) is 0 Å². The fraction of sp³-hybridized carbons (Fsp3) is 0.150. The zero-order valence-electron chi connectivity index (χ0n) is 14.5. The molecule has 26 heavy (non-hydrogen) atoms. The maximum absolute atomic E-state index is 12.9. The van der Waals surface area contributed by atoms with E-state index in [-0.39, 0.29) is 4.90 Å². The molecule has 6 heteroatoms. The Morgan fingerprint density at radius 3 is 2.54 bits per heavy atom. The molecule has 0 N–H and O–H groups in total. The molecule has 1 aromatic heterocycles. The first-order valence-corrected chi connectivity index (χ1v) is 9.64. The van der Waals surface area contributed by atoms with Crippen molar-refractivity contribution in [1.82, 2.24) is 3.97 Å². The molecule has 0 aliphatic heterocycles. The van der Waals surface area contributed by atoms with Gasteiger partial charge in [0.25, 0.3) is 10.0 Å². The summed E-state index contributed by atoms with van der Waals surface area (Å²) in [4.78, 5) is 11.6. The van der Waals surface area contributed by atoms with E-state index in [4.69, 9.17) is 4.74 Å². The van der Waals surface area contributed by atoms with Gasteiger partial charge in [0.15, 0.2) is 0 Å². The lowest BCUT2D eigenvalue weighted by atomic mass is 10.1. The molecule has 0 atom stereocenters. The zero-order valence-corrected chi connectivity index (χ0v) is 15.4. The number of hydrogen-bond acceptors (Lipinski definition) is 4. The Bertz CT molecular complexity index is 1080. The summed E-state index contributed by atoms with van der Waals surface area (Å²) in [5.74, 6) is -0.410. The van der Waals surface area contributed by atoms with Gasteiger partial charge in [0.05, 0.1) is 17.0 Å². The third kappa shape index (κ3) is 3.55. The molecule has 134 valence electrons. The standard InChI is InChI=1S/C20H19NO4S/c1-3-25-20(22)11-7-16-6-10-19-17(14-16)12-13-21(19)26(23,24)18-8-4-15(2)5-9-18/h4-14H,3H2,1-2H3/b11-7+. The van der Waals surface area contributed by atoms with Gasteiger partial charge in [0.2, 0.25) is 0 Å². The van der Waals surface area contributed by atoms with Crippen LogP contribution in [0.15, 0.2) is 65.7 Å². The fourth-order valence-corrected chi connectivity index (χ4v) is 3.98. The summed E-state index contributed by atoms with van der Waals surface area (Å²) >= 11 is 0. The molecule has 3 aromatic rings. The number of carbonyl (C=O) groups excluding carboxylic acids is 1. The minimum atomic E-state index is -3.66. The van der Waals surface area contributed by atoms with Crippen LogP contribution in [-0.4, -0.2) is 25.0 Å². The molecule has 0 saturated heterocycles. The summed E-state index contributed by atoms with van der Waals surface area (Å²) in [6.07, 6.45) is 4.53. The summed E-state index contributed by atoms with van der Waals surface area (Å²) in [6.45, 7) is 3.98. The summed E-state index contributed by atoms with van der Waals surface area (Å²) in [5.41, 5.74) is 2.37. The molecule has 0 amide bonds. The Balaban J connectivity index is 1.97. The third-order valence-corrected chi connectivity index (χ3v) is 5.66. The first-order valence-electron chi connectivity index (χ1n) is 8.20. The van der Waals surface area contributed by atoms with E-state index in [1.807, 2.05) is 13.0 Å². The number of aryl methyl sites for hydroxylation is 1. The molecule has 1 heterocycles. The zero-order chi connectivity index (χ0) is 18.7. The second-order valence-electron chi connectivity index (χ2n) is 5.83. The highest BCUT2D eigenvalue weighted by atomic mass is 32.2.